The minimum atomic E-state index is -0.565. The van der Waals surface area contributed by atoms with Crippen LogP contribution in [-0.4, -0.2) is 28.5 Å². The van der Waals surface area contributed by atoms with E-state index in [1.807, 2.05) is 46.8 Å². The van der Waals surface area contributed by atoms with E-state index in [-0.39, 0.29) is 6.61 Å². The highest BCUT2D eigenvalue weighted by Gasteiger charge is 2.22. The highest BCUT2D eigenvalue weighted by atomic mass is 16.6. The zero-order valence-corrected chi connectivity index (χ0v) is 16.5. The van der Waals surface area contributed by atoms with Crippen LogP contribution in [0.2, 0.25) is 0 Å². The molecule has 0 fully saturated rings. The van der Waals surface area contributed by atoms with E-state index in [1.54, 1.807) is 13.3 Å². The molecule has 1 aromatic heterocycles. The van der Waals surface area contributed by atoms with E-state index in [1.165, 1.54) is 4.57 Å². The van der Waals surface area contributed by atoms with Crippen molar-refractivity contribution in [3.05, 3.63) is 29.5 Å². The van der Waals surface area contributed by atoms with Gasteiger partial charge in [-0.2, -0.15) is 0 Å². The van der Waals surface area contributed by atoms with Gasteiger partial charge in [-0.3, -0.25) is 4.57 Å². The first-order chi connectivity index (χ1) is 11.8. The topological polar surface area (TPSA) is 60.7 Å². The summed E-state index contributed by atoms with van der Waals surface area (Å²) in [7, 11) is 1.58. The van der Waals surface area contributed by atoms with Gasteiger partial charge in [0, 0.05) is 17.1 Å². The van der Waals surface area contributed by atoms with Gasteiger partial charge < -0.3 is 14.6 Å². The zero-order chi connectivity index (χ0) is 19.2. The maximum Gasteiger partial charge on any atom is 0.419 e. The molecule has 0 radical (unpaired) electrons. The first-order valence-electron chi connectivity index (χ1n) is 8.86. The van der Waals surface area contributed by atoms with E-state index in [0.717, 1.165) is 29.3 Å². The van der Waals surface area contributed by atoms with Crippen LogP contribution in [0.3, 0.4) is 0 Å². The predicted octanol–water partition coefficient (Wildman–Crippen LogP) is 4.90. The van der Waals surface area contributed by atoms with Gasteiger partial charge >= 0.3 is 6.09 Å². The Kier molecular flexibility index (Phi) is 7.49. The SMILES string of the molecule is CC.CCCc1cc(OC)c(CO)c2ccn(C(=O)OC(C)(C)C)c12. The fourth-order valence-electron chi connectivity index (χ4n) is 2.72. The third-order valence-corrected chi connectivity index (χ3v) is 3.61. The number of aliphatic hydroxyl groups is 1. The molecule has 5 heteroatoms. The molecule has 1 aromatic carbocycles. The zero-order valence-electron chi connectivity index (χ0n) is 16.5. The second-order valence-corrected chi connectivity index (χ2v) is 6.55. The van der Waals surface area contributed by atoms with E-state index in [0.29, 0.717) is 11.3 Å². The third-order valence-electron chi connectivity index (χ3n) is 3.61. The second kappa shape index (κ2) is 8.90. The molecule has 0 saturated carbocycles. The molecule has 0 spiro atoms. The molecule has 2 rings (SSSR count). The molecular weight excluding hydrogens is 318 g/mol. The Hall–Kier alpha value is -2.01. The Balaban J connectivity index is 0.00000151. The highest BCUT2D eigenvalue weighted by molar-refractivity contribution is 5.95. The average Bonchev–Trinajstić information content (AvgIpc) is 3.00. The number of aliphatic hydroxyl groups excluding tert-OH is 1. The first kappa shape index (κ1) is 21.0. The van der Waals surface area contributed by atoms with Crippen molar-refractivity contribution in [1.82, 2.24) is 4.57 Å². The Labute approximate surface area is 150 Å². The maximum absolute atomic E-state index is 12.5. The molecule has 0 bridgehead atoms. The number of rotatable bonds is 4. The van der Waals surface area contributed by atoms with Crippen LogP contribution in [0.1, 0.15) is 59.1 Å². The summed E-state index contributed by atoms with van der Waals surface area (Å²) in [5.74, 6) is 0.644. The number of fused-ring (bicyclic) bond motifs is 1. The van der Waals surface area contributed by atoms with E-state index >= 15 is 0 Å². The number of hydrogen-bond acceptors (Lipinski definition) is 4. The molecule has 0 atom stereocenters. The van der Waals surface area contributed by atoms with E-state index in [4.69, 9.17) is 9.47 Å². The molecule has 0 aliphatic heterocycles. The quantitative estimate of drug-likeness (QED) is 0.852. The predicted molar refractivity (Wildman–Crippen MR) is 101 cm³/mol. The molecule has 1 N–H and O–H groups in total. The number of benzene rings is 1. The maximum atomic E-state index is 12.5. The largest absolute Gasteiger partial charge is 0.496 e. The average molecular weight is 349 g/mol. The Morgan fingerprint density at radius 2 is 1.92 bits per heavy atom. The molecular formula is C20H31NO4. The lowest BCUT2D eigenvalue weighted by Crippen LogP contribution is -2.27. The van der Waals surface area contributed by atoms with Gasteiger partial charge in [0.05, 0.1) is 19.2 Å². The van der Waals surface area contributed by atoms with Gasteiger partial charge in [-0.05, 0) is 44.9 Å². The lowest BCUT2D eigenvalue weighted by Gasteiger charge is -2.20. The van der Waals surface area contributed by atoms with Gasteiger partial charge in [0.25, 0.3) is 0 Å². The van der Waals surface area contributed by atoms with Gasteiger partial charge in [0.2, 0.25) is 0 Å². The van der Waals surface area contributed by atoms with Crippen molar-refractivity contribution in [2.45, 2.75) is 66.6 Å². The van der Waals surface area contributed by atoms with Crippen molar-refractivity contribution in [2.24, 2.45) is 0 Å². The van der Waals surface area contributed by atoms with Crippen LogP contribution in [0.5, 0.6) is 5.75 Å². The summed E-state index contributed by atoms with van der Waals surface area (Å²) in [5.41, 5.74) is 1.91. The fourth-order valence-corrected chi connectivity index (χ4v) is 2.72. The van der Waals surface area contributed by atoms with Crippen molar-refractivity contribution in [2.75, 3.05) is 7.11 Å². The summed E-state index contributed by atoms with van der Waals surface area (Å²) in [5, 5.41) is 10.5. The minimum absolute atomic E-state index is 0.148. The number of carbonyl (C=O) groups is 1. The fraction of sp³-hybridized carbons (Fsp3) is 0.550. The lowest BCUT2D eigenvalue weighted by molar-refractivity contribution is 0.0544. The van der Waals surface area contributed by atoms with Gasteiger partial charge in [0.1, 0.15) is 11.4 Å². The van der Waals surface area contributed by atoms with Crippen molar-refractivity contribution < 1.29 is 19.4 Å². The number of aromatic nitrogens is 1. The van der Waals surface area contributed by atoms with E-state index < -0.39 is 11.7 Å². The third kappa shape index (κ3) is 4.75. The van der Waals surface area contributed by atoms with Gasteiger partial charge in [-0.15, -0.1) is 0 Å². The number of aryl methyl sites for hydroxylation is 1. The molecule has 140 valence electrons. The standard InChI is InChI=1S/C18H25NO4.C2H6/c1-6-7-12-10-15(22-5)14(11-20)13-8-9-19(16(12)13)17(21)23-18(2,3)4;1-2/h8-10,20H,6-7,11H2,1-5H3;1-2H3. The van der Waals surface area contributed by atoms with Crippen LogP contribution in [0, 0.1) is 0 Å². The number of ether oxygens (including phenoxy) is 2. The Morgan fingerprint density at radius 1 is 1.28 bits per heavy atom. The molecule has 5 nitrogen and oxygen atoms in total. The van der Waals surface area contributed by atoms with Gasteiger partial charge in [-0.25, -0.2) is 4.79 Å². The number of hydrogen-bond donors (Lipinski definition) is 1. The smallest absolute Gasteiger partial charge is 0.419 e. The Bertz CT molecular complexity index is 711. The number of nitrogens with zero attached hydrogens (tertiary/aromatic N) is 1. The van der Waals surface area contributed by atoms with Crippen molar-refractivity contribution in [3.8, 4) is 5.75 Å². The van der Waals surface area contributed by atoms with Crippen LogP contribution < -0.4 is 4.74 Å². The summed E-state index contributed by atoms with van der Waals surface area (Å²) in [6.07, 6.45) is 3.02. The minimum Gasteiger partial charge on any atom is -0.496 e. The number of methoxy groups -OCH3 is 1. The monoisotopic (exact) mass is 349 g/mol. The summed E-state index contributed by atoms with van der Waals surface area (Å²) in [6, 6.07) is 3.73. The number of carbonyl (C=O) groups excluding carboxylic acids is 1. The van der Waals surface area contributed by atoms with Crippen LogP contribution in [-0.2, 0) is 17.8 Å². The second-order valence-electron chi connectivity index (χ2n) is 6.55. The summed E-state index contributed by atoms with van der Waals surface area (Å²) >= 11 is 0. The molecule has 0 aliphatic rings. The highest BCUT2D eigenvalue weighted by Crippen LogP contribution is 2.33. The van der Waals surface area contributed by atoms with Crippen LogP contribution in [0.4, 0.5) is 4.79 Å². The molecule has 25 heavy (non-hydrogen) atoms. The molecule has 0 aliphatic carbocycles. The Morgan fingerprint density at radius 3 is 2.40 bits per heavy atom. The van der Waals surface area contributed by atoms with Crippen LogP contribution in [0.15, 0.2) is 18.3 Å². The van der Waals surface area contributed by atoms with Gasteiger partial charge in [0.15, 0.2) is 0 Å². The van der Waals surface area contributed by atoms with Gasteiger partial charge in [-0.1, -0.05) is 27.2 Å². The molecule has 1 heterocycles. The molecule has 2 aromatic rings. The van der Waals surface area contributed by atoms with Crippen LogP contribution >= 0.6 is 0 Å². The molecule has 0 saturated heterocycles. The first-order valence-corrected chi connectivity index (χ1v) is 8.86. The summed E-state index contributed by atoms with van der Waals surface area (Å²) < 4.78 is 12.4. The van der Waals surface area contributed by atoms with Crippen molar-refractivity contribution >= 4 is 17.0 Å². The van der Waals surface area contributed by atoms with E-state index in [9.17, 15) is 9.90 Å². The summed E-state index contributed by atoms with van der Waals surface area (Å²) in [6.45, 7) is 11.5. The van der Waals surface area contributed by atoms with Crippen molar-refractivity contribution in [3.63, 3.8) is 0 Å². The normalized spacial score (nSPS) is 11.0. The molecule has 0 unspecified atom stereocenters. The van der Waals surface area contributed by atoms with Crippen molar-refractivity contribution in [1.29, 1.82) is 0 Å². The summed E-state index contributed by atoms with van der Waals surface area (Å²) in [4.78, 5) is 12.5. The van der Waals surface area contributed by atoms with E-state index in [2.05, 4.69) is 6.92 Å². The molecule has 0 amide bonds. The van der Waals surface area contributed by atoms with Crippen LogP contribution in [0.25, 0.3) is 10.9 Å². The lowest BCUT2D eigenvalue weighted by atomic mass is 10.0.